The topological polar surface area (TPSA) is 97.6 Å². The molecule has 2 heterocycles. The molecule has 2 N–H and O–H groups in total. The molecule has 7 nitrogen and oxygen atoms in total. The summed E-state index contributed by atoms with van der Waals surface area (Å²) in [4.78, 5) is 35.7. The molecular weight excluding hydrogens is 375 g/mol. The highest BCUT2D eigenvalue weighted by Crippen LogP contribution is 2.32. The molecule has 0 saturated heterocycles. The van der Waals surface area contributed by atoms with Crippen LogP contribution in [0.1, 0.15) is 21.0 Å². The van der Waals surface area contributed by atoms with Gasteiger partial charge >= 0.3 is 12.0 Å². The fraction of sp³-hybridized carbons (Fsp3) is 0.167. The van der Waals surface area contributed by atoms with E-state index in [1.165, 1.54) is 12.3 Å². The van der Waals surface area contributed by atoms with Gasteiger partial charge in [-0.05, 0) is 36.8 Å². The fourth-order valence-corrected chi connectivity index (χ4v) is 3.55. The summed E-state index contributed by atoms with van der Waals surface area (Å²) in [5, 5.41) is 4.82. The summed E-state index contributed by atoms with van der Waals surface area (Å²) in [6.07, 6.45) is 1.46. The van der Waals surface area contributed by atoms with E-state index in [2.05, 4.69) is 5.32 Å². The molecule has 9 heteroatoms. The third kappa shape index (κ3) is 4.32. The van der Waals surface area contributed by atoms with Crippen LogP contribution in [0.3, 0.4) is 0 Å². The average molecular weight is 390 g/mol. The molecule has 140 valence electrons. The lowest BCUT2D eigenvalue weighted by Gasteiger charge is -2.06. The number of carbonyl (C=O) groups excluding carboxylic acids is 3. The van der Waals surface area contributed by atoms with E-state index in [0.717, 1.165) is 11.3 Å². The van der Waals surface area contributed by atoms with Crippen LogP contribution in [-0.2, 0) is 16.1 Å². The van der Waals surface area contributed by atoms with Gasteiger partial charge in [-0.1, -0.05) is 6.07 Å². The Morgan fingerprint density at radius 3 is 2.74 bits per heavy atom. The van der Waals surface area contributed by atoms with Gasteiger partial charge in [0.2, 0.25) is 0 Å². The lowest BCUT2D eigenvalue weighted by atomic mass is 10.1. The van der Waals surface area contributed by atoms with E-state index < -0.39 is 30.3 Å². The number of amides is 3. The van der Waals surface area contributed by atoms with E-state index in [9.17, 15) is 18.8 Å². The van der Waals surface area contributed by atoms with Gasteiger partial charge in [-0.15, -0.1) is 11.3 Å². The molecule has 3 rings (SSSR count). The Labute approximate surface area is 157 Å². The normalized spacial score (nSPS) is 10.6. The molecule has 0 bridgehead atoms. The van der Waals surface area contributed by atoms with Crippen LogP contribution in [0.25, 0.3) is 10.1 Å². The minimum Gasteiger partial charge on any atom is -0.467 e. The van der Waals surface area contributed by atoms with Crippen LogP contribution < -0.4 is 10.6 Å². The Balaban J connectivity index is 1.53. The van der Waals surface area contributed by atoms with Crippen molar-refractivity contribution in [1.29, 1.82) is 0 Å². The first kappa shape index (κ1) is 18.6. The van der Waals surface area contributed by atoms with Crippen molar-refractivity contribution >= 4 is 39.3 Å². The van der Waals surface area contributed by atoms with Crippen LogP contribution >= 0.6 is 11.3 Å². The number of urea groups is 1. The van der Waals surface area contributed by atoms with Crippen LogP contribution in [0.4, 0.5) is 9.18 Å². The Morgan fingerprint density at radius 2 is 2.04 bits per heavy atom. The second kappa shape index (κ2) is 8.00. The molecule has 0 aliphatic carbocycles. The van der Waals surface area contributed by atoms with Gasteiger partial charge in [0.05, 0.1) is 12.8 Å². The number of furan rings is 1. The number of nitrogens with one attached hydrogen (secondary N) is 2. The highest BCUT2D eigenvalue weighted by molar-refractivity contribution is 7.21. The summed E-state index contributed by atoms with van der Waals surface area (Å²) in [5.74, 6) is -1.44. The minimum absolute atomic E-state index is 0.110. The molecule has 0 aliphatic heterocycles. The number of aryl methyl sites for hydroxylation is 1. The van der Waals surface area contributed by atoms with Gasteiger partial charge < -0.3 is 14.5 Å². The Morgan fingerprint density at radius 1 is 1.22 bits per heavy atom. The lowest BCUT2D eigenvalue weighted by Crippen LogP contribution is -2.41. The number of benzene rings is 1. The van der Waals surface area contributed by atoms with Crippen LogP contribution in [0.2, 0.25) is 0 Å². The zero-order chi connectivity index (χ0) is 19.4. The number of hydrogen-bond acceptors (Lipinski definition) is 6. The molecule has 0 spiro atoms. The first-order valence-corrected chi connectivity index (χ1v) is 8.72. The number of carbonyl (C=O) groups is 3. The quantitative estimate of drug-likeness (QED) is 0.653. The molecular formula is C18H15FN2O5S. The maximum atomic E-state index is 13.9. The predicted molar refractivity (Wildman–Crippen MR) is 95.9 cm³/mol. The first-order valence-electron chi connectivity index (χ1n) is 7.90. The summed E-state index contributed by atoms with van der Waals surface area (Å²) >= 11 is 1.08. The average Bonchev–Trinajstić information content (AvgIpc) is 3.26. The molecule has 0 radical (unpaired) electrons. The number of fused-ring (bicyclic) bond motifs is 1. The Hall–Kier alpha value is -3.20. The second-order valence-corrected chi connectivity index (χ2v) is 6.61. The molecule has 0 unspecified atom stereocenters. The predicted octanol–water partition coefficient (Wildman–Crippen LogP) is 3.12. The zero-order valence-corrected chi connectivity index (χ0v) is 15.0. The largest absolute Gasteiger partial charge is 0.467 e. The maximum Gasteiger partial charge on any atom is 0.349 e. The van der Waals surface area contributed by atoms with Crippen LogP contribution in [0, 0.1) is 12.7 Å². The summed E-state index contributed by atoms with van der Waals surface area (Å²) < 4.78 is 24.5. The monoisotopic (exact) mass is 390 g/mol. The first-order chi connectivity index (χ1) is 13.0. The van der Waals surface area contributed by atoms with Crippen molar-refractivity contribution in [3.8, 4) is 0 Å². The van der Waals surface area contributed by atoms with E-state index in [0.29, 0.717) is 21.4 Å². The van der Waals surface area contributed by atoms with Gasteiger partial charge in [0.15, 0.2) is 6.61 Å². The number of hydrogen-bond donors (Lipinski definition) is 2. The number of imide groups is 1. The molecule has 0 saturated carbocycles. The number of ether oxygens (including phenoxy) is 1. The molecule has 2 aromatic heterocycles. The van der Waals surface area contributed by atoms with Crippen molar-refractivity contribution in [1.82, 2.24) is 10.6 Å². The van der Waals surface area contributed by atoms with E-state index >= 15 is 0 Å². The fourth-order valence-electron chi connectivity index (χ4n) is 2.43. The lowest BCUT2D eigenvalue weighted by molar-refractivity contribution is -0.123. The van der Waals surface area contributed by atoms with E-state index in [1.807, 2.05) is 5.32 Å². The van der Waals surface area contributed by atoms with Crippen LogP contribution in [-0.4, -0.2) is 24.5 Å². The molecule has 3 amide bonds. The van der Waals surface area contributed by atoms with Gasteiger partial charge in [0.1, 0.15) is 16.5 Å². The van der Waals surface area contributed by atoms with Crippen molar-refractivity contribution in [2.45, 2.75) is 13.5 Å². The van der Waals surface area contributed by atoms with E-state index in [-0.39, 0.29) is 11.4 Å². The summed E-state index contributed by atoms with van der Waals surface area (Å²) in [6.45, 7) is 1.09. The van der Waals surface area contributed by atoms with Crippen LogP contribution in [0.15, 0.2) is 41.0 Å². The van der Waals surface area contributed by atoms with Gasteiger partial charge in [0.25, 0.3) is 5.91 Å². The second-order valence-electron chi connectivity index (χ2n) is 5.56. The number of halogens is 1. The summed E-state index contributed by atoms with van der Waals surface area (Å²) in [6, 6.07) is 7.15. The molecule has 27 heavy (non-hydrogen) atoms. The SMILES string of the molecule is Cc1c(C(=O)OCC(=O)NC(=O)NCc2ccco2)sc2cccc(F)c12. The molecule has 0 aliphatic rings. The van der Waals surface area contributed by atoms with Crippen molar-refractivity contribution in [2.24, 2.45) is 0 Å². The van der Waals surface area contributed by atoms with Gasteiger partial charge in [0, 0.05) is 10.1 Å². The van der Waals surface area contributed by atoms with Gasteiger partial charge in [-0.25, -0.2) is 14.0 Å². The van der Waals surface area contributed by atoms with Crippen molar-refractivity contribution in [3.63, 3.8) is 0 Å². The maximum absolute atomic E-state index is 13.9. The molecule has 0 fully saturated rings. The van der Waals surface area contributed by atoms with Crippen LogP contribution in [0.5, 0.6) is 0 Å². The van der Waals surface area contributed by atoms with E-state index in [1.54, 1.807) is 31.2 Å². The van der Waals surface area contributed by atoms with Crippen molar-refractivity contribution in [2.75, 3.05) is 6.61 Å². The number of rotatable bonds is 5. The van der Waals surface area contributed by atoms with Crippen molar-refractivity contribution in [3.05, 3.63) is 58.6 Å². The Bertz CT molecular complexity index is 997. The minimum atomic E-state index is -0.787. The standard InChI is InChI=1S/C18H15FN2O5S/c1-10-15-12(19)5-2-6-13(15)27-16(10)17(23)26-9-14(22)21-18(24)20-8-11-4-3-7-25-11/h2-7H,8-9H2,1H3,(H2,20,21,22,24). The van der Waals surface area contributed by atoms with Crippen molar-refractivity contribution < 1.29 is 27.9 Å². The summed E-state index contributed by atoms with van der Waals surface area (Å²) in [7, 11) is 0. The van der Waals surface area contributed by atoms with E-state index in [4.69, 9.17) is 9.15 Å². The molecule has 0 atom stereocenters. The number of esters is 1. The summed E-state index contributed by atoms with van der Waals surface area (Å²) in [5.41, 5.74) is 0.453. The third-order valence-electron chi connectivity index (χ3n) is 3.68. The number of thiophene rings is 1. The zero-order valence-electron chi connectivity index (χ0n) is 14.2. The Kier molecular flexibility index (Phi) is 5.51. The van der Waals surface area contributed by atoms with Gasteiger partial charge in [-0.2, -0.15) is 0 Å². The smallest absolute Gasteiger partial charge is 0.349 e. The molecule has 3 aromatic rings. The highest BCUT2D eigenvalue weighted by atomic mass is 32.1. The van der Waals surface area contributed by atoms with Gasteiger partial charge in [-0.3, -0.25) is 10.1 Å². The molecule has 1 aromatic carbocycles. The highest BCUT2D eigenvalue weighted by Gasteiger charge is 2.20. The third-order valence-corrected chi connectivity index (χ3v) is 4.92.